The van der Waals surface area contributed by atoms with Crippen molar-refractivity contribution in [2.24, 2.45) is 0 Å². The molecule has 8 nitrogen and oxygen atoms in total. The fraction of sp³-hybridized carbons (Fsp3) is 0.394. The molecule has 7 rings (SSSR count). The number of epoxide rings is 1. The number of fused-ring (bicyclic) bond motifs is 2. The summed E-state index contributed by atoms with van der Waals surface area (Å²) in [4.78, 5) is 35.1. The minimum atomic E-state index is -0.693. The van der Waals surface area contributed by atoms with E-state index in [0.717, 1.165) is 24.3 Å². The van der Waals surface area contributed by atoms with E-state index in [9.17, 15) is 9.59 Å². The molecule has 0 radical (unpaired) electrons. The normalized spacial score (nSPS) is 25.4. The van der Waals surface area contributed by atoms with E-state index in [1.165, 1.54) is 5.56 Å². The first-order chi connectivity index (χ1) is 20.2. The summed E-state index contributed by atoms with van der Waals surface area (Å²) in [6.07, 6.45) is 4.59. The van der Waals surface area contributed by atoms with E-state index in [-0.39, 0.29) is 24.1 Å². The molecule has 9 heteroatoms. The van der Waals surface area contributed by atoms with E-state index in [1.54, 1.807) is 24.6 Å². The first kappa shape index (κ1) is 28.2. The number of ether oxygens (including phenoxy) is 1. The van der Waals surface area contributed by atoms with Gasteiger partial charge in [-0.1, -0.05) is 44.2 Å². The van der Waals surface area contributed by atoms with Crippen LogP contribution in [-0.2, 0) is 26.5 Å². The highest BCUT2D eigenvalue weighted by Crippen LogP contribution is 2.61. The zero-order chi connectivity index (χ0) is 29.6. The number of rotatable bonds is 5. The van der Waals surface area contributed by atoms with Crippen molar-refractivity contribution in [2.45, 2.75) is 70.6 Å². The van der Waals surface area contributed by atoms with Gasteiger partial charge in [0.15, 0.2) is 5.89 Å². The Bertz CT molecular complexity index is 1670. The number of oxazole rings is 1. The number of pyridine rings is 1. The van der Waals surface area contributed by atoms with Crippen molar-refractivity contribution in [1.82, 2.24) is 20.2 Å². The van der Waals surface area contributed by atoms with Crippen molar-refractivity contribution in [1.29, 1.82) is 0 Å². The summed E-state index contributed by atoms with van der Waals surface area (Å²) in [5.41, 5.74) is 3.50. The van der Waals surface area contributed by atoms with E-state index in [4.69, 9.17) is 9.15 Å². The molecule has 218 valence electrons. The number of piperidine rings is 2. The van der Waals surface area contributed by atoms with Crippen molar-refractivity contribution in [3.63, 3.8) is 0 Å². The topological polar surface area (TPSA) is 101 Å². The number of nitrogens with zero attached hydrogens (tertiary/aromatic N) is 3. The molecule has 3 fully saturated rings. The zero-order valence-corrected chi connectivity index (χ0v) is 24.4. The van der Waals surface area contributed by atoms with Crippen molar-refractivity contribution in [3.8, 4) is 11.3 Å². The first-order valence-electron chi connectivity index (χ1n) is 14.6. The van der Waals surface area contributed by atoms with Crippen molar-refractivity contribution >= 4 is 22.7 Å². The van der Waals surface area contributed by atoms with Crippen LogP contribution in [0.1, 0.15) is 68.5 Å². The second-order valence-corrected chi connectivity index (χ2v) is 11.3. The minimum Gasteiger partial charge on any atom is -0.449 e. The quantitative estimate of drug-likeness (QED) is 0.240. The van der Waals surface area contributed by atoms with E-state index >= 15 is 4.39 Å². The molecule has 0 saturated carbocycles. The lowest BCUT2D eigenvalue weighted by Gasteiger charge is -2.33. The molecule has 42 heavy (non-hydrogen) atoms. The van der Waals surface area contributed by atoms with Gasteiger partial charge in [0, 0.05) is 55.7 Å². The smallest absolute Gasteiger partial charge is 0.234 e. The van der Waals surface area contributed by atoms with Crippen molar-refractivity contribution < 1.29 is 23.1 Å². The fourth-order valence-corrected chi connectivity index (χ4v) is 6.50. The third-order valence-corrected chi connectivity index (χ3v) is 8.69. The van der Waals surface area contributed by atoms with Gasteiger partial charge in [0.1, 0.15) is 29.0 Å². The van der Waals surface area contributed by atoms with Crippen LogP contribution in [0.4, 0.5) is 4.39 Å². The Balaban J connectivity index is 0.00000155. The molecule has 0 aliphatic carbocycles. The molecule has 2 amide bonds. The predicted octanol–water partition coefficient (Wildman–Crippen LogP) is 5.77. The third kappa shape index (κ3) is 4.80. The lowest BCUT2D eigenvalue weighted by Crippen LogP contribution is -2.44. The molecular weight excluding hydrogens is 535 g/mol. The molecule has 5 heterocycles. The van der Waals surface area contributed by atoms with Crippen LogP contribution >= 0.6 is 0 Å². The van der Waals surface area contributed by atoms with Crippen LogP contribution in [0, 0.1) is 12.7 Å². The molecule has 3 unspecified atom stereocenters. The number of aromatic nitrogens is 2. The standard InChI is InChI=1S/C31H29FN4O4.C2H6/c1-18-34-26(16-39-18)20-5-3-19(4-6-20)15-36-12-11-31(30(2,17-36)40-31)24-8-9-25-23(28(24)32)13-21(14-33-25)22-7-10-27(37)35-29(22)38;1-2/h3-6,8-9,13-14,16,22H,7,10-12,15,17H2,1-2H3,(H,35,37,38);1-2H3. The number of nitrogens with one attached hydrogen (secondary N) is 1. The molecule has 3 atom stereocenters. The largest absolute Gasteiger partial charge is 0.449 e. The number of likely N-dealkylation sites (tertiary alicyclic amines) is 1. The number of carbonyl (C=O) groups excluding carboxylic acids is 2. The fourth-order valence-electron chi connectivity index (χ4n) is 6.50. The Morgan fingerprint density at radius 3 is 2.62 bits per heavy atom. The summed E-state index contributed by atoms with van der Waals surface area (Å²) in [7, 11) is 0. The highest BCUT2D eigenvalue weighted by molar-refractivity contribution is 6.01. The Kier molecular flexibility index (Phi) is 7.19. The third-order valence-electron chi connectivity index (χ3n) is 8.69. The van der Waals surface area contributed by atoms with Gasteiger partial charge in [-0.3, -0.25) is 24.8 Å². The average molecular weight is 571 g/mol. The predicted molar refractivity (Wildman–Crippen MR) is 156 cm³/mol. The summed E-state index contributed by atoms with van der Waals surface area (Å²) in [6.45, 7) is 10.1. The molecule has 3 aliphatic heterocycles. The molecule has 4 aromatic rings. The summed E-state index contributed by atoms with van der Waals surface area (Å²) >= 11 is 0. The number of carbonyl (C=O) groups is 2. The lowest BCUT2D eigenvalue weighted by atomic mass is 9.80. The van der Waals surface area contributed by atoms with E-state index < -0.39 is 17.1 Å². The van der Waals surface area contributed by atoms with Crippen molar-refractivity contribution in [2.75, 3.05) is 13.1 Å². The number of imide groups is 1. The Morgan fingerprint density at radius 2 is 1.93 bits per heavy atom. The molecule has 1 N–H and O–H groups in total. The van der Waals surface area contributed by atoms with Gasteiger partial charge in [-0.25, -0.2) is 9.37 Å². The van der Waals surface area contributed by atoms with Gasteiger partial charge in [-0.05, 0) is 43.0 Å². The second kappa shape index (κ2) is 10.7. The van der Waals surface area contributed by atoms with Gasteiger partial charge < -0.3 is 9.15 Å². The highest BCUT2D eigenvalue weighted by atomic mass is 19.1. The maximum absolute atomic E-state index is 16.1. The van der Waals surface area contributed by atoms with E-state index in [2.05, 4.69) is 51.4 Å². The van der Waals surface area contributed by atoms with Gasteiger partial charge in [0.05, 0.1) is 11.4 Å². The van der Waals surface area contributed by atoms with Gasteiger partial charge >= 0.3 is 0 Å². The van der Waals surface area contributed by atoms with Crippen molar-refractivity contribution in [3.05, 3.63) is 83.3 Å². The summed E-state index contributed by atoms with van der Waals surface area (Å²) in [5.74, 6) is -0.869. The van der Waals surface area contributed by atoms with Crippen LogP contribution in [0.15, 0.2) is 59.3 Å². The second-order valence-electron chi connectivity index (χ2n) is 11.3. The molecule has 2 aromatic carbocycles. The monoisotopic (exact) mass is 570 g/mol. The molecule has 0 bridgehead atoms. The van der Waals surface area contributed by atoms with E-state index in [0.29, 0.717) is 47.3 Å². The number of halogens is 1. The minimum absolute atomic E-state index is 0.258. The van der Waals surface area contributed by atoms with Gasteiger partial charge in [0.25, 0.3) is 0 Å². The molecule has 3 aliphatic rings. The number of hydrogen-bond donors (Lipinski definition) is 1. The molecule has 3 saturated heterocycles. The Hall–Kier alpha value is -3.95. The first-order valence-corrected chi connectivity index (χ1v) is 14.6. The average Bonchev–Trinajstić information content (AvgIpc) is 3.39. The lowest BCUT2D eigenvalue weighted by molar-refractivity contribution is -0.134. The van der Waals surface area contributed by atoms with Gasteiger partial charge in [0.2, 0.25) is 11.8 Å². The van der Waals surface area contributed by atoms with Gasteiger partial charge in [-0.2, -0.15) is 0 Å². The SMILES string of the molecule is CC.Cc1nc(-c2ccc(CN3CCC4(c5ccc6ncc(C7CCC(=O)NC7=O)cc6c5F)OC4(C)C3)cc2)co1. The highest BCUT2D eigenvalue weighted by Gasteiger charge is 2.70. The van der Waals surface area contributed by atoms with Crippen LogP contribution < -0.4 is 5.32 Å². The summed E-state index contributed by atoms with van der Waals surface area (Å²) in [5, 5.41) is 2.75. The number of aryl methyl sites for hydroxylation is 1. The van der Waals surface area contributed by atoms with Crippen LogP contribution in [0.2, 0.25) is 0 Å². The maximum Gasteiger partial charge on any atom is 0.234 e. The number of benzene rings is 2. The maximum atomic E-state index is 16.1. The summed E-state index contributed by atoms with van der Waals surface area (Å²) in [6, 6.07) is 13.6. The van der Waals surface area contributed by atoms with Crippen LogP contribution in [0.5, 0.6) is 0 Å². The number of hydrogen-bond acceptors (Lipinski definition) is 7. The Morgan fingerprint density at radius 1 is 1.14 bits per heavy atom. The van der Waals surface area contributed by atoms with E-state index in [1.807, 2.05) is 26.8 Å². The molecule has 0 spiro atoms. The molecule has 2 aromatic heterocycles. The Labute approximate surface area is 244 Å². The van der Waals surface area contributed by atoms with Gasteiger partial charge in [-0.15, -0.1) is 0 Å². The summed E-state index contributed by atoms with van der Waals surface area (Å²) < 4.78 is 27.8. The van der Waals surface area contributed by atoms with Crippen LogP contribution in [-0.4, -0.2) is 45.4 Å². The van der Waals surface area contributed by atoms with Crippen LogP contribution in [0.25, 0.3) is 22.2 Å². The van der Waals surface area contributed by atoms with Crippen LogP contribution in [0.3, 0.4) is 0 Å². The molecular formula is C33H35FN4O4. The zero-order valence-electron chi connectivity index (χ0n) is 24.4. The number of amides is 2.